The van der Waals surface area contributed by atoms with Gasteiger partial charge in [0.05, 0.1) is 23.5 Å². The second-order valence-electron chi connectivity index (χ2n) is 6.69. The van der Waals surface area contributed by atoms with Gasteiger partial charge in [-0.1, -0.05) is 29.8 Å². The van der Waals surface area contributed by atoms with Crippen LogP contribution in [0.1, 0.15) is 11.1 Å². The molecule has 0 radical (unpaired) electrons. The predicted molar refractivity (Wildman–Crippen MR) is 117 cm³/mol. The van der Waals surface area contributed by atoms with Crippen molar-refractivity contribution in [2.75, 3.05) is 10.7 Å². The van der Waals surface area contributed by atoms with E-state index < -0.39 is 0 Å². The third-order valence-corrected chi connectivity index (χ3v) is 5.14. The second-order valence-corrected chi connectivity index (χ2v) is 7.10. The van der Waals surface area contributed by atoms with Gasteiger partial charge in [-0.2, -0.15) is 0 Å². The van der Waals surface area contributed by atoms with Crippen molar-refractivity contribution in [3.05, 3.63) is 82.8 Å². The van der Waals surface area contributed by atoms with Gasteiger partial charge < -0.3 is 15.8 Å². The summed E-state index contributed by atoms with van der Waals surface area (Å²) in [4.78, 5) is 8.78. The molecule has 4 aromatic rings. The first kappa shape index (κ1) is 20.0. The fraction of sp³-hybridized carbons (Fsp3) is 0.0909. The number of halogens is 2. The van der Waals surface area contributed by atoms with Crippen molar-refractivity contribution in [3.8, 4) is 11.3 Å². The smallest absolute Gasteiger partial charge is 0.151 e. The van der Waals surface area contributed by atoms with Crippen molar-refractivity contribution in [3.63, 3.8) is 0 Å². The number of nitrogens with zero attached hydrogens (tertiary/aromatic N) is 2. The van der Waals surface area contributed by atoms with Crippen molar-refractivity contribution in [1.29, 1.82) is 0 Å². The molecule has 0 fully saturated rings. The summed E-state index contributed by atoms with van der Waals surface area (Å²) >= 11 is 6.20. The molecule has 2 aromatic heterocycles. The number of nitrogens with two attached hydrogens (primary N) is 1. The number of rotatable bonds is 6. The number of nitrogens with one attached hydrogen (secondary N) is 2. The molecule has 0 atom stereocenters. The van der Waals surface area contributed by atoms with Crippen LogP contribution in [-0.2, 0) is 13.2 Å². The van der Waals surface area contributed by atoms with Gasteiger partial charge in [-0.05, 0) is 35.9 Å². The van der Waals surface area contributed by atoms with Crippen molar-refractivity contribution in [2.24, 2.45) is 5.84 Å². The molecule has 5 N–H and O–H groups in total. The molecule has 30 heavy (non-hydrogen) atoms. The van der Waals surface area contributed by atoms with Gasteiger partial charge in [0.1, 0.15) is 5.82 Å². The molecule has 0 unspecified atom stereocenters. The van der Waals surface area contributed by atoms with Gasteiger partial charge in [-0.15, -0.1) is 0 Å². The van der Waals surface area contributed by atoms with Crippen molar-refractivity contribution in [2.45, 2.75) is 13.2 Å². The Morgan fingerprint density at radius 3 is 2.70 bits per heavy atom. The molecule has 2 heterocycles. The average molecular weight is 424 g/mol. The number of hydrogen-bond acceptors (Lipinski definition) is 6. The number of nitrogen functional groups attached to an aromatic ring is 1. The lowest BCUT2D eigenvalue weighted by molar-refractivity contribution is 0.282. The fourth-order valence-electron chi connectivity index (χ4n) is 3.16. The Morgan fingerprint density at radius 1 is 1.07 bits per heavy atom. The quantitative estimate of drug-likeness (QED) is 0.270. The number of anilines is 2. The Balaban J connectivity index is 1.63. The van der Waals surface area contributed by atoms with E-state index in [1.165, 1.54) is 6.07 Å². The Hall–Kier alpha value is -3.26. The highest BCUT2D eigenvalue weighted by Gasteiger charge is 2.11. The van der Waals surface area contributed by atoms with E-state index in [1.54, 1.807) is 36.5 Å². The highest BCUT2D eigenvalue weighted by molar-refractivity contribution is 6.31. The topological polar surface area (TPSA) is 96.1 Å². The lowest BCUT2D eigenvalue weighted by Gasteiger charge is -2.14. The Bertz CT molecular complexity index is 1220. The number of aromatic nitrogens is 2. The summed E-state index contributed by atoms with van der Waals surface area (Å²) in [5.74, 6) is 5.74. The minimum absolute atomic E-state index is 0.137. The zero-order valence-electron chi connectivity index (χ0n) is 15.9. The molecule has 0 aliphatic heterocycles. The lowest BCUT2D eigenvalue weighted by Crippen LogP contribution is -2.12. The number of fused-ring (bicyclic) bond motifs is 1. The van der Waals surface area contributed by atoms with Crippen LogP contribution >= 0.6 is 11.6 Å². The first-order valence-corrected chi connectivity index (χ1v) is 9.61. The Kier molecular flexibility index (Phi) is 5.76. The minimum atomic E-state index is -0.349. The van der Waals surface area contributed by atoms with Crippen LogP contribution in [0.3, 0.4) is 0 Å². The lowest BCUT2D eigenvalue weighted by atomic mass is 10.1. The first-order valence-electron chi connectivity index (χ1n) is 9.23. The maximum absolute atomic E-state index is 14.5. The van der Waals surface area contributed by atoms with Crippen molar-refractivity contribution < 1.29 is 9.50 Å². The van der Waals surface area contributed by atoms with E-state index in [2.05, 4.69) is 20.7 Å². The standard InChI is InChI=1S/C22H19ClFN5O/c23-17-9-14(3-4-15(17)12-30)19-5-6-20(29-25)22(28-19)27-11-16-8-13-2-1-7-26-21(13)10-18(16)24/h1-10,29-30H,11-12,25H2,(H,27,28). The summed E-state index contributed by atoms with van der Waals surface area (Å²) < 4.78 is 14.5. The van der Waals surface area contributed by atoms with Gasteiger partial charge >= 0.3 is 0 Å². The number of benzene rings is 2. The number of hydrogen-bond donors (Lipinski definition) is 4. The van der Waals surface area contributed by atoms with Crippen LogP contribution in [0.25, 0.3) is 22.2 Å². The van der Waals surface area contributed by atoms with Crippen LogP contribution in [0.4, 0.5) is 15.9 Å². The van der Waals surface area contributed by atoms with Crippen LogP contribution in [0.2, 0.25) is 5.02 Å². The van der Waals surface area contributed by atoms with E-state index in [0.29, 0.717) is 38.9 Å². The monoisotopic (exact) mass is 423 g/mol. The third-order valence-electron chi connectivity index (χ3n) is 4.79. The molecule has 0 amide bonds. The summed E-state index contributed by atoms with van der Waals surface area (Å²) in [7, 11) is 0. The highest BCUT2D eigenvalue weighted by Crippen LogP contribution is 2.29. The van der Waals surface area contributed by atoms with E-state index in [1.807, 2.05) is 18.2 Å². The van der Waals surface area contributed by atoms with Crippen LogP contribution < -0.4 is 16.6 Å². The van der Waals surface area contributed by atoms with Crippen LogP contribution in [-0.4, -0.2) is 15.1 Å². The van der Waals surface area contributed by atoms with Crippen LogP contribution in [0, 0.1) is 5.82 Å². The van der Waals surface area contributed by atoms with Crippen molar-refractivity contribution >= 4 is 34.0 Å². The molecule has 8 heteroatoms. The van der Waals surface area contributed by atoms with Crippen LogP contribution in [0.5, 0.6) is 0 Å². The number of pyridine rings is 2. The molecule has 0 aliphatic carbocycles. The average Bonchev–Trinajstić information content (AvgIpc) is 2.77. The Morgan fingerprint density at radius 2 is 1.93 bits per heavy atom. The van der Waals surface area contributed by atoms with Crippen molar-refractivity contribution in [1.82, 2.24) is 9.97 Å². The highest BCUT2D eigenvalue weighted by atomic mass is 35.5. The molecular weight excluding hydrogens is 405 g/mol. The van der Waals surface area contributed by atoms with Crippen LogP contribution in [0.15, 0.2) is 60.8 Å². The molecule has 0 aliphatic rings. The SMILES string of the molecule is NNc1ccc(-c2ccc(CO)c(Cl)c2)nc1NCc1cc2cccnc2cc1F. The maximum atomic E-state index is 14.5. The first-order chi connectivity index (χ1) is 14.6. The number of aliphatic hydroxyl groups excluding tert-OH is 1. The van der Waals surface area contributed by atoms with Gasteiger partial charge in [-0.25, -0.2) is 9.37 Å². The molecule has 2 aromatic carbocycles. The molecule has 152 valence electrons. The zero-order chi connectivity index (χ0) is 21.1. The second kappa shape index (κ2) is 8.62. The summed E-state index contributed by atoms with van der Waals surface area (Å²) in [6.45, 7) is 0.0776. The molecule has 0 spiro atoms. The third kappa shape index (κ3) is 4.04. The van der Waals surface area contributed by atoms with Gasteiger partial charge in [0.2, 0.25) is 0 Å². The summed E-state index contributed by atoms with van der Waals surface area (Å²) in [6.07, 6.45) is 1.63. The van der Waals surface area contributed by atoms with E-state index in [0.717, 1.165) is 10.9 Å². The van der Waals surface area contributed by atoms with Gasteiger partial charge in [0.25, 0.3) is 0 Å². The predicted octanol–water partition coefficient (Wildman–Crippen LogP) is 4.48. The van der Waals surface area contributed by atoms with Gasteiger partial charge in [0, 0.05) is 40.3 Å². The normalized spacial score (nSPS) is 10.9. The minimum Gasteiger partial charge on any atom is -0.392 e. The molecule has 0 saturated carbocycles. The summed E-state index contributed by atoms with van der Waals surface area (Å²) in [5.41, 5.74) is 6.34. The maximum Gasteiger partial charge on any atom is 0.151 e. The van der Waals surface area contributed by atoms with E-state index in [-0.39, 0.29) is 19.0 Å². The fourth-order valence-corrected chi connectivity index (χ4v) is 3.40. The van der Waals surface area contributed by atoms with E-state index in [9.17, 15) is 9.50 Å². The molecule has 0 bridgehead atoms. The van der Waals surface area contributed by atoms with E-state index >= 15 is 0 Å². The largest absolute Gasteiger partial charge is 0.392 e. The number of hydrazine groups is 1. The Labute approximate surface area is 177 Å². The van der Waals surface area contributed by atoms with E-state index in [4.69, 9.17) is 17.4 Å². The zero-order valence-corrected chi connectivity index (χ0v) is 16.6. The van der Waals surface area contributed by atoms with Gasteiger partial charge in [0.15, 0.2) is 5.82 Å². The molecular formula is C22H19ClFN5O. The summed E-state index contributed by atoms with van der Waals surface area (Å²) in [5, 5.41) is 13.8. The molecule has 4 rings (SSSR count). The number of aliphatic hydroxyl groups is 1. The summed E-state index contributed by atoms with van der Waals surface area (Å²) in [6, 6.07) is 15.8. The molecule has 0 saturated heterocycles. The molecule has 6 nitrogen and oxygen atoms in total. The van der Waals surface area contributed by atoms with Gasteiger partial charge in [-0.3, -0.25) is 10.8 Å².